The molecule has 0 spiro atoms. The first kappa shape index (κ1) is 27.4. The quantitative estimate of drug-likeness (QED) is 0.331. The Kier molecular flexibility index (Phi) is 7.07. The molecule has 2 aromatic carbocycles. The molecule has 1 aliphatic heterocycles. The number of sulfonamides is 1. The highest BCUT2D eigenvalue weighted by atomic mass is 32.2. The molecule has 6 rings (SSSR count). The normalized spacial score (nSPS) is 25.4. The minimum absolute atomic E-state index is 0.0454. The van der Waals surface area contributed by atoms with E-state index in [9.17, 15) is 18.0 Å². The number of nitrogens with one attached hydrogen (secondary N) is 2. The second-order valence-corrected chi connectivity index (χ2v) is 13.2. The molecule has 0 radical (unpaired) electrons. The van der Waals surface area contributed by atoms with E-state index in [2.05, 4.69) is 16.6 Å². The van der Waals surface area contributed by atoms with Gasteiger partial charge in [-0.05, 0) is 37.3 Å². The summed E-state index contributed by atoms with van der Waals surface area (Å²) in [5, 5.41) is 3.57. The van der Waals surface area contributed by atoms with Gasteiger partial charge in [0.15, 0.2) is 5.78 Å². The first-order valence-electron chi connectivity index (χ1n) is 13.9. The fraction of sp³-hybridized carbons (Fsp3) is 0.387. The van der Waals surface area contributed by atoms with Crippen LogP contribution in [0.3, 0.4) is 0 Å². The molecule has 2 saturated carbocycles. The van der Waals surface area contributed by atoms with Crippen LogP contribution in [0.25, 0.3) is 22.2 Å². The molecule has 2 aliphatic carbocycles. The molecule has 2 heterocycles. The number of hydrogen-bond acceptors (Lipinski definition) is 8. The smallest absolute Gasteiger partial charge is 0.240 e. The minimum atomic E-state index is -3.70. The highest BCUT2D eigenvalue weighted by Gasteiger charge is 2.61. The molecule has 1 amide bonds. The highest BCUT2D eigenvalue weighted by Crippen LogP contribution is 2.56. The lowest BCUT2D eigenvalue weighted by molar-refractivity contribution is -0.130. The van der Waals surface area contributed by atoms with E-state index in [1.54, 1.807) is 13.2 Å². The van der Waals surface area contributed by atoms with Gasteiger partial charge in [0.1, 0.15) is 17.6 Å². The summed E-state index contributed by atoms with van der Waals surface area (Å²) < 4.78 is 38.9. The van der Waals surface area contributed by atoms with Crippen LogP contribution in [0.1, 0.15) is 32.1 Å². The summed E-state index contributed by atoms with van der Waals surface area (Å²) in [6.07, 6.45) is 3.26. The Morgan fingerprint density at radius 2 is 1.95 bits per heavy atom. The van der Waals surface area contributed by atoms with Gasteiger partial charge in [0.25, 0.3) is 0 Å². The third-order valence-corrected chi connectivity index (χ3v) is 10.2. The number of nitrogens with zero attached hydrogens (tertiary/aromatic N) is 1. The van der Waals surface area contributed by atoms with E-state index in [4.69, 9.17) is 14.5 Å². The number of benzene rings is 2. The molecular weight excluding hydrogens is 542 g/mol. The molecule has 214 valence electrons. The zero-order valence-electron chi connectivity index (χ0n) is 22.8. The number of amides is 1. The lowest BCUT2D eigenvalue weighted by Gasteiger charge is -2.19. The predicted molar refractivity (Wildman–Crippen MR) is 155 cm³/mol. The largest absolute Gasteiger partial charge is 0.497 e. The molecule has 3 fully saturated rings. The van der Waals surface area contributed by atoms with Gasteiger partial charge < -0.3 is 14.8 Å². The van der Waals surface area contributed by atoms with Gasteiger partial charge in [-0.3, -0.25) is 14.3 Å². The number of Topliss-reactive ketones (excluding diaryl/α,β-unsaturated/α-hetero) is 1. The predicted octanol–water partition coefficient (Wildman–Crippen LogP) is 3.78. The molecule has 2 N–H and O–H groups in total. The van der Waals surface area contributed by atoms with E-state index in [0.717, 1.165) is 22.2 Å². The van der Waals surface area contributed by atoms with Crippen molar-refractivity contribution in [3.05, 3.63) is 67.3 Å². The van der Waals surface area contributed by atoms with Crippen molar-refractivity contribution >= 4 is 32.6 Å². The number of aromatic nitrogens is 1. The Hall–Kier alpha value is -3.76. The lowest BCUT2D eigenvalue weighted by atomic mass is 9.92. The van der Waals surface area contributed by atoms with Crippen molar-refractivity contribution in [2.24, 2.45) is 11.3 Å². The van der Waals surface area contributed by atoms with Gasteiger partial charge in [0.05, 0.1) is 35.0 Å². The number of carbonyl (C=O) groups excluding carboxylic acids is 2. The van der Waals surface area contributed by atoms with Crippen molar-refractivity contribution in [3.63, 3.8) is 0 Å². The molecule has 9 nitrogen and oxygen atoms in total. The first-order chi connectivity index (χ1) is 19.7. The van der Waals surface area contributed by atoms with Crippen molar-refractivity contribution in [1.29, 1.82) is 0 Å². The summed E-state index contributed by atoms with van der Waals surface area (Å²) in [7, 11) is -2.09. The van der Waals surface area contributed by atoms with Gasteiger partial charge >= 0.3 is 0 Å². The number of ketones is 1. The molecule has 10 heteroatoms. The lowest BCUT2D eigenvalue weighted by Crippen LogP contribution is -2.42. The Labute approximate surface area is 239 Å². The SMILES string of the molecule is C=CC1C[C@]1(CC(=O)[C@@H]1CC(Oc2cc(-c3ccccc3)nc3cc(OC)ccc23)CN1)C(=O)NS(=O)(=O)C1CC1. The molecule has 41 heavy (non-hydrogen) atoms. The number of hydrogen-bond donors (Lipinski definition) is 2. The van der Waals surface area contributed by atoms with E-state index in [0.29, 0.717) is 43.7 Å². The fourth-order valence-corrected chi connectivity index (χ4v) is 7.07. The Balaban J connectivity index is 1.17. The zero-order chi connectivity index (χ0) is 28.8. The minimum Gasteiger partial charge on any atom is -0.497 e. The Morgan fingerprint density at radius 3 is 2.63 bits per heavy atom. The van der Waals surface area contributed by atoms with Crippen molar-refractivity contribution in [2.45, 2.75) is 49.5 Å². The standard InChI is InChI=1S/C31H33N3O6S/c1-3-20-16-31(20,30(36)34-41(37,38)23-10-11-23)17-28(35)27-14-22(18-32-27)40-29-15-25(19-7-5-4-6-8-19)33-26-13-21(39-2)9-12-24(26)29/h3-9,12-13,15,20,22-23,27,32H,1,10-11,14,16-18H2,2H3,(H,34,36)/t20?,22?,27-,31+/m0/s1. The number of ether oxygens (including phenoxy) is 2. The van der Waals surface area contributed by atoms with Gasteiger partial charge in [0.2, 0.25) is 15.9 Å². The second kappa shape index (κ2) is 10.6. The summed E-state index contributed by atoms with van der Waals surface area (Å²) >= 11 is 0. The van der Waals surface area contributed by atoms with Crippen molar-refractivity contribution < 1.29 is 27.5 Å². The van der Waals surface area contributed by atoms with Crippen molar-refractivity contribution in [2.75, 3.05) is 13.7 Å². The molecular formula is C31H33N3O6S. The molecule has 3 aliphatic rings. The zero-order valence-corrected chi connectivity index (χ0v) is 23.7. The van der Waals surface area contributed by atoms with Gasteiger partial charge in [-0.2, -0.15) is 0 Å². The van der Waals surface area contributed by atoms with Crippen LogP contribution in [0.15, 0.2) is 67.3 Å². The van der Waals surface area contributed by atoms with Crippen molar-refractivity contribution in [3.8, 4) is 22.8 Å². The summed E-state index contributed by atoms with van der Waals surface area (Å²) in [6, 6.07) is 16.9. The summed E-state index contributed by atoms with van der Waals surface area (Å²) in [6.45, 7) is 4.24. The van der Waals surface area contributed by atoms with E-state index >= 15 is 0 Å². The maximum Gasteiger partial charge on any atom is 0.240 e. The molecule has 1 saturated heterocycles. The summed E-state index contributed by atoms with van der Waals surface area (Å²) in [5.74, 6) is 0.391. The summed E-state index contributed by atoms with van der Waals surface area (Å²) in [5.41, 5.74) is 1.38. The van der Waals surface area contributed by atoms with Crippen LogP contribution in [0.4, 0.5) is 0 Å². The third kappa shape index (κ3) is 5.46. The van der Waals surface area contributed by atoms with Gasteiger partial charge in [0, 0.05) is 42.5 Å². The van der Waals surface area contributed by atoms with E-state index < -0.39 is 32.6 Å². The Bertz CT molecular complexity index is 1620. The number of rotatable bonds is 11. The first-order valence-corrected chi connectivity index (χ1v) is 15.4. The molecule has 2 unspecified atom stereocenters. The average Bonchev–Trinajstić information content (AvgIpc) is 3.90. The third-order valence-electron chi connectivity index (χ3n) is 8.38. The van der Waals surface area contributed by atoms with Gasteiger partial charge in [-0.25, -0.2) is 13.4 Å². The molecule has 0 bridgehead atoms. The van der Waals surface area contributed by atoms with Crippen LogP contribution in [0.5, 0.6) is 11.5 Å². The maximum atomic E-state index is 13.4. The molecule has 1 aromatic heterocycles. The number of methoxy groups -OCH3 is 1. The van der Waals surface area contributed by atoms with E-state index in [1.165, 1.54) is 0 Å². The van der Waals surface area contributed by atoms with Gasteiger partial charge in [-0.15, -0.1) is 6.58 Å². The highest BCUT2D eigenvalue weighted by molar-refractivity contribution is 7.90. The number of allylic oxidation sites excluding steroid dienone is 1. The number of pyridine rings is 1. The van der Waals surface area contributed by atoms with Crippen LogP contribution in [-0.4, -0.2) is 56.1 Å². The number of fused-ring (bicyclic) bond motifs is 1. The van der Waals surface area contributed by atoms with Crippen LogP contribution in [0, 0.1) is 11.3 Å². The monoisotopic (exact) mass is 575 g/mol. The van der Waals surface area contributed by atoms with E-state index in [1.807, 2.05) is 54.6 Å². The topological polar surface area (TPSA) is 124 Å². The summed E-state index contributed by atoms with van der Waals surface area (Å²) in [4.78, 5) is 31.3. The molecule has 4 atom stereocenters. The van der Waals surface area contributed by atoms with Crippen molar-refractivity contribution in [1.82, 2.24) is 15.0 Å². The second-order valence-electron chi connectivity index (χ2n) is 11.2. The van der Waals surface area contributed by atoms with Gasteiger partial charge in [-0.1, -0.05) is 36.4 Å². The fourth-order valence-electron chi connectivity index (χ4n) is 5.69. The number of carbonyl (C=O) groups is 2. The maximum absolute atomic E-state index is 13.4. The molecule has 3 aromatic rings. The van der Waals surface area contributed by atoms with Crippen LogP contribution in [-0.2, 0) is 19.6 Å². The van der Waals surface area contributed by atoms with Crippen LogP contribution >= 0.6 is 0 Å². The Morgan fingerprint density at radius 1 is 1.17 bits per heavy atom. The van der Waals surface area contributed by atoms with E-state index in [-0.39, 0.29) is 24.2 Å². The van der Waals surface area contributed by atoms with Crippen LogP contribution < -0.4 is 19.5 Å². The average molecular weight is 576 g/mol. The van der Waals surface area contributed by atoms with Crippen LogP contribution in [0.2, 0.25) is 0 Å².